The molecule has 4 aromatic carbocycles. The van der Waals surface area contributed by atoms with Crippen molar-refractivity contribution < 1.29 is 27.5 Å². The minimum Gasteiger partial charge on any atom is -0.453 e. The molecule has 54 heavy (non-hydrogen) atoms. The average Bonchev–Trinajstić information content (AvgIpc) is 3.90. The first kappa shape index (κ1) is 36.6. The number of carbonyl (C=O) groups is 3. The van der Waals surface area contributed by atoms with Crippen LogP contribution in [0.3, 0.4) is 0 Å². The molecular formula is C41H42N6O6S. The number of amides is 3. The van der Waals surface area contributed by atoms with Crippen LogP contribution in [0.15, 0.2) is 109 Å². The topological polar surface area (TPSA) is 154 Å². The van der Waals surface area contributed by atoms with E-state index < -0.39 is 22.0 Å². The van der Waals surface area contributed by atoms with Gasteiger partial charge in [-0.3, -0.25) is 14.5 Å². The van der Waals surface area contributed by atoms with Crippen LogP contribution in [0.1, 0.15) is 52.2 Å². The first-order valence-corrected chi connectivity index (χ1v) is 19.8. The number of H-pyrrole nitrogens is 1. The van der Waals surface area contributed by atoms with Crippen LogP contribution in [0.25, 0.3) is 22.4 Å². The van der Waals surface area contributed by atoms with Crippen molar-refractivity contribution in [3.8, 4) is 22.4 Å². The van der Waals surface area contributed by atoms with E-state index >= 15 is 0 Å². The molecule has 2 saturated heterocycles. The minimum atomic E-state index is -2.92. The largest absolute Gasteiger partial charge is 0.453 e. The first-order valence-electron chi connectivity index (χ1n) is 17.9. The highest BCUT2D eigenvalue weighted by atomic mass is 32.2. The van der Waals surface area contributed by atoms with Gasteiger partial charge in [0.15, 0.2) is 9.84 Å². The Morgan fingerprint density at radius 3 is 2.31 bits per heavy atom. The van der Waals surface area contributed by atoms with Crippen LogP contribution >= 0.6 is 0 Å². The Hall–Kier alpha value is -5.79. The lowest BCUT2D eigenvalue weighted by molar-refractivity contribution is -0.134. The number of hydrogen-bond donors (Lipinski definition) is 3. The van der Waals surface area contributed by atoms with E-state index in [0.717, 1.165) is 40.8 Å². The van der Waals surface area contributed by atoms with E-state index in [0.29, 0.717) is 48.8 Å². The summed E-state index contributed by atoms with van der Waals surface area (Å²) in [6.07, 6.45) is 2.63. The predicted molar refractivity (Wildman–Crippen MR) is 206 cm³/mol. The third-order valence-electron chi connectivity index (χ3n) is 9.98. The number of alkyl carbamates (subject to hydrolysis) is 1. The summed E-state index contributed by atoms with van der Waals surface area (Å²) < 4.78 is 28.3. The highest BCUT2D eigenvalue weighted by Crippen LogP contribution is 2.34. The standard InChI is InChI=1S/C41H42N6O6S/c1-53-41(50)45-37(31-7-3-2-4-8-31)40(49)47-20-6-11-36(47)38-42-26-35(44-38)30-16-14-29(15-17-30)32-9-5-10-33(25-32)39(48)43-34-18-12-28(13-19-34)27-46-21-23-54(51,52)24-22-46/h2-5,7-10,12-19,25-26,36-37H,6,11,20-24,27H2,1H3,(H,42,44)(H,43,48)(H,45,50)/t36-,37-/m0/s1. The molecule has 0 radical (unpaired) electrons. The third kappa shape index (κ3) is 8.53. The predicted octanol–water partition coefficient (Wildman–Crippen LogP) is 5.99. The van der Waals surface area contributed by atoms with Gasteiger partial charge in [0.25, 0.3) is 11.8 Å². The Bertz CT molecular complexity index is 2210. The van der Waals surface area contributed by atoms with Crippen molar-refractivity contribution in [3.05, 3.63) is 132 Å². The minimum absolute atomic E-state index is 0.191. The van der Waals surface area contributed by atoms with Crippen LogP contribution in [-0.4, -0.2) is 84.3 Å². The maximum absolute atomic E-state index is 13.8. The number of sulfone groups is 1. The van der Waals surface area contributed by atoms with Gasteiger partial charge in [-0.25, -0.2) is 18.2 Å². The van der Waals surface area contributed by atoms with Gasteiger partial charge in [-0.15, -0.1) is 0 Å². The Labute approximate surface area is 314 Å². The molecule has 2 aliphatic heterocycles. The normalized spacial score (nSPS) is 17.4. The van der Waals surface area contributed by atoms with Gasteiger partial charge in [0, 0.05) is 37.4 Å². The Morgan fingerprint density at radius 2 is 1.59 bits per heavy atom. The van der Waals surface area contributed by atoms with Crippen LogP contribution in [0.4, 0.5) is 10.5 Å². The van der Waals surface area contributed by atoms with Crippen LogP contribution < -0.4 is 10.6 Å². The molecule has 0 bridgehead atoms. The number of hydrogen-bond acceptors (Lipinski definition) is 8. The first-order chi connectivity index (χ1) is 26.2. The van der Waals surface area contributed by atoms with Crippen molar-refractivity contribution in [2.24, 2.45) is 0 Å². The maximum Gasteiger partial charge on any atom is 0.407 e. The summed E-state index contributed by atoms with van der Waals surface area (Å²) >= 11 is 0. The fourth-order valence-corrected chi connectivity index (χ4v) is 8.27. The molecule has 0 saturated carbocycles. The van der Waals surface area contributed by atoms with Crippen molar-refractivity contribution in [2.45, 2.75) is 31.5 Å². The number of ether oxygens (including phenoxy) is 1. The van der Waals surface area contributed by atoms with Crippen LogP contribution in [0, 0.1) is 0 Å². The summed E-state index contributed by atoms with van der Waals surface area (Å²) in [5, 5.41) is 5.68. The molecule has 0 aliphatic carbocycles. The van der Waals surface area contributed by atoms with Crippen molar-refractivity contribution >= 4 is 33.4 Å². The number of carbonyl (C=O) groups excluding carboxylic acids is 3. The highest BCUT2D eigenvalue weighted by molar-refractivity contribution is 7.91. The van der Waals surface area contributed by atoms with E-state index in [2.05, 4.69) is 25.5 Å². The lowest BCUT2D eigenvalue weighted by Crippen LogP contribution is -2.42. The second kappa shape index (κ2) is 16.1. The molecule has 2 aliphatic rings. The van der Waals surface area contributed by atoms with Gasteiger partial charge in [-0.05, 0) is 64.9 Å². The van der Waals surface area contributed by atoms with Gasteiger partial charge >= 0.3 is 6.09 Å². The van der Waals surface area contributed by atoms with Crippen molar-refractivity contribution in [1.82, 2.24) is 25.1 Å². The number of imidazole rings is 1. The van der Waals surface area contributed by atoms with Gasteiger partial charge in [0.05, 0.1) is 36.5 Å². The Kier molecular flexibility index (Phi) is 10.9. The van der Waals surface area contributed by atoms with Gasteiger partial charge in [0.2, 0.25) is 0 Å². The van der Waals surface area contributed by atoms with Crippen molar-refractivity contribution in [1.29, 1.82) is 0 Å². The molecule has 5 aromatic rings. The molecule has 1 aromatic heterocycles. The fraction of sp³-hybridized carbons (Fsp3) is 0.268. The zero-order valence-corrected chi connectivity index (χ0v) is 30.7. The van der Waals surface area contributed by atoms with Gasteiger partial charge in [-0.2, -0.15) is 0 Å². The summed E-state index contributed by atoms with van der Waals surface area (Å²) in [4.78, 5) is 51.2. The second-order valence-electron chi connectivity index (χ2n) is 13.6. The number of rotatable bonds is 10. The Balaban J connectivity index is 0.988. The van der Waals surface area contributed by atoms with Crippen molar-refractivity contribution in [3.63, 3.8) is 0 Å². The molecule has 13 heteroatoms. The van der Waals surface area contributed by atoms with E-state index in [-0.39, 0.29) is 29.4 Å². The molecule has 0 spiro atoms. The monoisotopic (exact) mass is 746 g/mol. The fourth-order valence-electron chi connectivity index (χ4n) is 6.99. The zero-order chi connectivity index (χ0) is 37.7. The lowest BCUT2D eigenvalue weighted by Gasteiger charge is -2.28. The molecule has 2 fully saturated rings. The van der Waals surface area contributed by atoms with E-state index in [4.69, 9.17) is 4.74 Å². The lowest BCUT2D eigenvalue weighted by atomic mass is 10.0. The molecule has 278 valence electrons. The third-order valence-corrected chi connectivity index (χ3v) is 11.6. The number of aromatic amines is 1. The van der Waals surface area contributed by atoms with Gasteiger partial charge < -0.3 is 25.3 Å². The highest BCUT2D eigenvalue weighted by Gasteiger charge is 2.37. The van der Waals surface area contributed by atoms with Gasteiger partial charge in [0.1, 0.15) is 11.9 Å². The Morgan fingerprint density at radius 1 is 0.870 bits per heavy atom. The van der Waals surface area contributed by atoms with Crippen LogP contribution in [0.2, 0.25) is 0 Å². The number of aromatic nitrogens is 2. The molecule has 2 atom stereocenters. The molecule has 0 unspecified atom stereocenters. The summed E-state index contributed by atoms with van der Waals surface area (Å²) in [6.45, 7) is 2.27. The van der Waals surface area contributed by atoms with Crippen LogP contribution in [-0.2, 0) is 25.9 Å². The molecule has 3 heterocycles. The number of anilines is 1. The van der Waals surface area contributed by atoms with E-state index in [1.165, 1.54) is 7.11 Å². The summed E-state index contributed by atoms with van der Waals surface area (Å²) in [7, 11) is -1.65. The van der Waals surface area contributed by atoms with Gasteiger partial charge in [-0.1, -0.05) is 78.9 Å². The second-order valence-corrected chi connectivity index (χ2v) is 15.9. The SMILES string of the molecule is COC(=O)N[C@H](C(=O)N1CCC[C@H]1c1ncc(-c2ccc(-c3cccc(C(=O)Nc4ccc(CN5CCS(=O)(=O)CC5)cc4)c3)cc2)[nH]1)c1ccccc1. The summed E-state index contributed by atoms with van der Waals surface area (Å²) in [5.74, 6) is 0.615. The van der Waals surface area contributed by atoms with E-state index in [9.17, 15) is 22.8 Å². The zero-order valence-electron chi connectivity index (χ0n) is 29.9. The maximum atomic E-state index is 13.8. The summed E-state index contributed by atoms with van der Waals surface area (Å²) in [5.41, 5.74) is 6.51. The molecule has 3 N–H and O–H groups in total. The molecule has 3 amide bonds. The van der Waals surface area contributed by atoms with Crippen LogP contribution in [0.5, 0.6) is 0 Å². The number of likely N-dealkylation sites (tertiary alicyclic amines) is 1. The molecule has 12 nitrogen and oxygen atoms in total. The number of nitrogens with one attached hydrogen (secondary N) is 3. The van der Waals surface area contributed by atoms with E-state index in [1.54, 1.807) is 29.3 Å². The molecular weight excluding hydrogens is 705 g/mol. The summed E-state index contributed by atoms with van der Waals surface area (Å²) in [6, 6.07) is 31.0. The number of methoxy groups -OCH3 is 1. The smallest absolute Gasteiger partial charge is 0.407 e. The van der Waals surface area contributed by atoms with E-state index in [1.807, 2.05) is 84.9 Å². The number of benzene rings is 4. The average molecular weight is 747 g/mol. The molecule has 7 rings (SSSR count). The quantitative estimate of drug-likeness (QED) is 0.158. The van der Waals surface area contributed by atoms with Crippen molar-refractivity contribution in [2.75, 3.05) is 43.6 Å². The number of nitrogens with zero attached hydrogens (tertiary/aromatic N) is 3.